The Morgan fingerprint density at radius 3 is 2.48 bits per heavy atom. The molecule has 0 saturated carbocycles. The molecule has 4 rings (SSSR count). The molecule has 1 aromatic heterocycles. The van der Waals surface area contributed by atoms with E-state index in [1.54, 1.807) is 17.5 Å². The summed E-state index contributed by atoms with van der Waals surface area (Å²) in [7, 11) is -4.22. The number of thiophene rings is 1. The van der Waals surface area contributed by atoms with Crippen LogP contribution in [0.4, 0.5) is 20.2 Å². The van der Waals surface area contributed by atoms with Gasteiger partial charge in [0.25, 0.3) is 10.0 Å². The zero-order valence-electron chi connectivity index (χ0n) is 14.8. The zero-order valence-corrected chi connectivity index (χ0v) is 16.4. The molecule has 0 saturated heterocycles. The van der Waals surface area contributed by atoms with Crippen molar-refractivity contribution in [3.8, 4) is 0 Å². The summed E-state index contributed by atoms with van der Waals surface area (Å²) in [6.45, 7) is -0.0728. The summed E-state index contributed by atoms with van der Waals surface area (Å²) in [6.07, 6.45) is 1.01. The summed E-state index contributed by atoms with van der Waals surface area (Å²) in [5, 5.41) is 4.20. The smallest absolute Gasteiger partial charge is 0.270 e. The van der Waals surface area contributed by atoms with Gasteiger partial charge in [-0.15, -0.1) is 11.3 Å². The molecular formula is C20H14F2N2O3S2. The van der Waals surface area contributed by atoms with Crippen LogP contribution in [0.15, 0.2) is 71.1 Å². The van der Waals surface area contributed by atoms with Gasteiger partial charge in [-0.05, 0) is 41.3 Å². The maximum absolute atomic E-state index is 13.9. The van der Waals surface area contributed by atoms with Crippen molar-refractivity contribution in [2.45, 2.75) is 6.54 Å². The van der Waals surface area contributed by atoms with Gasteiger partial charge in [0.2, 0.25) is 5.78 Å². The number of nitrogens with one attached hydrogen (secondary N) is 1. The van der Waals surface area contributed by atoms with E-state index in [-0.39, 0.29) is 22.8 Å². The SMILES string of the molecule is O=C1C(=CNc2ccccc2F)S(=O)(=O)N(Cc2ccc(F)cc2)c2ccsc21. The molecule has 0 fully saturated rings. The zero-order chi connectivity index (χ0) is 20.6. The van der Waals surface area contributed by atoms with E-state index in [0.29, 0.717) is 5.56 Å². The molecule has 1 aliphatic rings. The maximum Gasteiger partial charge on any atom is 0.270 e. The van der Waals surface area contributed by atoms with Crippen LogP contribution in [0.2, 0.25) is 0 Å². The van der Waals surface area contributed by atoms with Crippen molar-refractivity contribution in [2.24, 2.45) is 0 Å². The lowest BCUT2D eigenvalue weighted by atomic mass is 10.2. The Morgan fingerprint density at radius 1 is 1.03 bits per heavy atom. The number of rotatable bonds is 4. The molecule has 9 heteroatoms. The van der Waals surface area contributed by atoms with Crippen molar-refractivity contribution in [1.29, 1.82) is 0 Å². The summed E-state index contributed by atoms with van der Waals surface area (Å²) < 4.78 is 54.5. The lowest BCUT2D eigenvalue weighted by Gasteiger charge is -2.29. The van der Waals surface area contributed by atoms with Gasteiger partial charge in [0.05, 0.1) is 17.9 Å². The molecule has 148 valence electrons. The standard InChI is InChI=1S/C20H14F2N2O3S2/c21-14-7-5-13(6-8-14)12-24-17-9-10-28-20(17)19(25)18(29(24,26)27)11-23-16-4-2-1-3-15(16)22/h1-11,23H,12H2. The molecule has 0 aliphatic carbocycles. The third-order valence-electron chi connectivity index (χ3n) is 4.38. The first-order valence-corrected chi connectivity index (χ1v) is 10.8. The van der Waals surface area contributed by atoms with Crippen LogP contribution in [-0.4, -0.2) is 14.2 Å². The second-order valence-corrected chi connectivity index (χ2v) is 8.98. The maximum atomic E-state index is 13.9. The Balaban J connectivity index is 1.75. The molecular weight excluding hydrogens is 418 g/mol. The number of carbonyl (C=O) groups is 1. The minimum atomic E-state index is -4.22. The van der Waals surface area contributed by atoms with Crippen LogP contribution >= 0.6 is 11.3 Å². The molecule has 0 spiro atoms. The van der Waals surface area contributed by atoms with Crippen molar-refractivity contribution in [1.82, 2.24) is 0 Å². The van der Waals surface area contributed by atoms with Crippen LogP contribution in [0.25, 0.3) is 0 Å². The summed E-state index contributed by atoms with van der Waals surface area (Å²) >= 11 is 1.12. The Kier molecular flexibility index (Phi) is 4.93. The largest absolute Gasteiger partial charge is 0.358 e. The fourth-order valence-corrected chi connectivity index (χ4v) is 5.42. The van der Waals surface area contributed by atoms with Crippen LogP contribution in [-0.2, 0) is 16.6 Å². The highest BCUT2D eigenvalue weighted by Gasteiger charge is 2.41. The fraction of sp³-hybridized carbons (Fsp3) is 0.0500. The third kappa shape index (κ3) is 3.54. The Labute approximate surface area is 170 Å². The minimum Gasteiger partial charge on any atom is -0.358 e. The van der Waals surface area contributed by atoms with Crippen molar-refractivity contribution in [2.75, 3.05) is 9.62 Å². The average Bonchev–Trinajstić information content (AvgIpc) is 3.17. The Morgan fingerprint density at radius 2 is 1.76 bits per heavy atom. The average molecular weight is 432 g/mol. The molecule has 5 nitrogen and oxygen atoms in total. The number of carbonyl (C=O) groups excluding carboxylic acids is 1. The van der Waals surface area contributed by atoms with Gasteiger partial charge in [0.15, 0.2) is 4.91 Å². The quantitative estimate of drug-likeness (QED) is 0.616. The van der Waals surface area contributed by atoms with Gasteiger partial charge in [0.1, 0.15) is 16.5 Å². The first kappa shape index (κ1) is 19.3. The first-order valence-electron chi connectivity index (χ1n) is 8.48. The predicted octanol–water partition coefficient (Wildman–Crippen LogP) is 4.51. The van der Waals surface area contributed by atoms with E-state index in [0.717, 1.165) is 21.8 Å². The predicted molar refractivity (Wildman–Crippen MR) is 108 cm³/mol. The van der Waals surface area contributed by atoms with Crippen LogP contribution in [0.5, 0.6) is 0 Å². The second kappa shape index (κ2) is 7.41. The number of anilines is 2. The summed E-state index contributed by atoms with van der Waals surface area (Å²) in [4.78, 5) is 12.6. The second-order valence-electron chi connectivity index (χ2n) is 6.24. The van der Waals surface area contributed by atoms with Gasteiger partial charge in [-0.3, -0.25) is 9.10 Å². The Hall–Kier alpha value is -3.04. The van der Waals surface area contributed by atoms with Crippen LogP contribution in [0.3, 0.4) is 0 Å². The van der Waals surface area contributed by atoms with Gasteiger partial charge in [-0.25, -0.2) is 17.2 Å². The number of benzene rings is 2. The number of hydrogen-bond donors (Lipinski definition) is 1. The van der Waals surface area contributed by atoms with Gasteiger partial charge >= 0.3 is 0 Å². The minimum absolute atomic E-state index is 0.0464. The number of nitrogens with zero attached hydrogens (tertiary/aromatic N) is 1. The lowest BCUT2D eigenvalue weighted by molar-refractivity contribution is 0.104. The molecule has 0 atom stereocenters. The number of ketones is 1. The van der Waals surface area contributed by atoms with E-state index in [9.17, 15) is 22.0 Å². The van der Waals surface area contributed by atoms with Gasteiger partial charge in [-0.1, -0.05) is 24.3 Å². The molecule has 1 aliphatic heterocycles. The van der Waals surface area contributed by atoms with E-state index >= 15 is 0 Å². The Bertz CT molecular complexity index is 1220. The number of para-hydroxylation sites is 1. The first-order chi connectivity index (χ1) is 13.9. The number of allylic oxidation sites excluding steroid dienone is 1. The molecule has 1 N–H and O–H groups in total. The molecule has 0 radical (unpaired) electrons. The lowest BCUT2D eigenvalue weighted by Crippen LogP contribution is -2.38. The van der Waals surface area contributed by atoms with Gasteiger partial charge in [0, 0.05) is 6.20 Å². The highest BCUT2D eigenvalue weighted by atomic mass is 32.2. The number of sulfonamides is 1. The number of halogens is 2. The summed E-state index contributed by atoms with van der Waals surface area (Å²) in [5.41, 5.74) is 0.875. The molecule has 0 unspecified atom stereocenters. The number of hydrogen-bond acceptors (Lipinski definition) is 5. The molecule has 29 heavy (non-hydrogen) atoms. The van der Waals surface area contributed by atoms with Gasteiger partial charge < -0.3 is 5.32 Å². The summed E-state index contributed by atoms with van der Waals surface area (Å²) in [5.74, 6) is -1.67. The van der Waals surface area contributed by atoms with Crippen LogP contribution in [0, 0.1) is 11.6 Å². The topological polar surface area (TPSA) is 66.5 Å². The molecule has 2 heterocycles. The van der Waals surface area contributed by atoms with Crippen molar-refractivity contribution >= 4 is 38.5 Å². The van der Waals surface area contributed by atoms with E-state index in [1.807, 2.05) is 0 Å². The molecule has 2 aromatic carbocycles. The van der Waals surface area contributed by atoms with E-state index in [1.165, 1.54) is 42.5 Å². The van der Waals surface area contributed by atoms with E-state index < -0.39 is 32.3 Å². The third-order valence-corrected chi connectivity index (χ3v) is 7.05. The van der Waals surface area contributed by atoms with Crippen molar-refractivity contribution < 1.29 is 22.0 Å². The fourth-order valence-electron chi connectivity index (χ4n) is 2.93. The van der Waals surface area contributed by atoms with E-state index in [2.05, 4.69) is 5.32 Å². The molecule has 0 amide bonds. The van der Waals surface area contributed by atoms with E-state index in [4.69, 9.17) is 0 Å². The van der Waals surface area contributed by atoms with Gasteiger partial charge in [-0.2, -0.15) is 0 Å². The number of fused-ring (bicyclic) bond motifs is 1. The summed E-state index contributed by atoms with van der Waals surface area (Å²) in [6, 6.07) is 12.7. The van der Waals surface area contributed by atoms with Crippen molar-refractivity contribution in [3.63, 3.8) is 0 Å². The molecule has 0 bridgehead atoms. The number of Topliss-reactive ketones (excluding diaryl/α,β-unsaturated/α-hetero) is 1. The highest BCUT2D eigenvalue weighted by molar-refractivity contribution is 7.97. The van der Waals surface area contributed by atoms with Crippen LogP contribution < -0.4 is 9.62 Å². The van der Waals surface area contributed by atoms with Crippen molar-refractivity contribution in [3.05, 3.63) is 93.2 Å². The molecule has 3 aromatic rings. The monoisotopic (exact) mass is 432 g/mol. The highest BCUT2D eigenvalue weighted by Crippen LogP contribution is 2.39. The van der Waals surface area contributed by atoms with Crippen LogP contribution in [0.1, 0.15) is 15.2 Å². The normalized spacial score (nSPS) is 16.7.